The van der Waals surface area contributed by atoms with Gasteiger partial charge in [0, 0.05) is 6.20 Å². The lowest BCUT2D eigenvalue weighted by molar-refractivity contribution is 0.164. The van der Waals surface area contributed by atoms with E-state index < -0.39 is 23.9 Å². The quantitative estimate of drug-likeness (QED) is 0.673. The Morgan fingerprint density at radius 3 is 2.62 bits per heavy atom. The predicted molar refractivity (Wildman–Crippen MR) is 42.8 cm³/mol. The Balaban J connectivity index is 2.97. The highest BCUT2D eigenvalue weighted by Crippen LogP contribution is 2.14. The Kier molecular flexibility index (Phi) is 2.90. The highest BCUT2D eigenvalue weighted by atomic mass is 19.2. The molecule has 0 saturated carbocycles. The van der Waals surface area contributed by atoms with Gasteiger partial charge in [-0.2, -0.15) is 4.39 Å². The fourth-order valence-electron chi connectivity index (χ4n) is 0.897. The van der Waals surface area contributed by atoms with E-state index in [1.54, 1.807) is 0 Å². The molecule has 3 N–H and O–H groups in total. The normalized spacial score (nSPS) is 15.5. The maximum atomic E-state index is 12.6. The van der Waals surface area contributed by atoms with Gasteiger partial charge in [0.15, 0.2) is 5.82 Å². The monoisotopic (exact) mass is 188 g/mol. The molecule has 3 nitrogen and oxygen atoms in total. The topological polar surface area (TPSA) is 59.1 Å². The fraction of sp³-hybridized carbons (Fsp3) is 0.375. The Hall–Kier alpha value is -1.07. The highest BCUT2D eigenvalue weighted by Gasteiger charge is 2.14. The van der Waals surface area contributed by atoms with Crippen LogP contribution in [0.3, 0.4) is 0 Å². The zero-order chi connectivity index (χ0) is 10.0. The van der Waals surface area contributed by atoms with Crippen molar-refractivity contribution in [2.75, 3.05) is 0 Å². The van der Waals surface area contributed by atoms with E-state index in [1.165, 1.54) is 6.92 Å². The first-order valence-electron chi connectivity index (χ1n) is 3.77. The van der Waals surface area contributed by atoms with Gasteiger partial charge in [0.05, 0.1) is 12.1 Å². The third-order valence-corrected chi connectivity index (χ3v) is 1.72. The zero-order valence-electron chi connectivity index (χ0n) is 7.04. The molecule has 0 aliphatic carbocycles. The Morgan fingerprint density at radius 2 is 2.15 bits per heavy atom. The summed E-state index contributed by atoms with van der Waals surface area (Å²) >= 11 is 0. The van der Waals surface area contributed by atoms with Crippen molar-refractivity contribution in [1.82, 2.24) is 4.98 Å². The van der Waals surface area contributed by atoms with Gasteiger partial charge in [-0.15, -0.1) is 0 Å². The van der Waals surface area contributed by atoms with Gasteiger partial charge in [-0.3, -0.25) is 0 Å². The Morgan fingerprint density at radius 1 is 1.54 bits per heavy atom. The number of aromatic nitrogens is 1. The van der Waals surface area contributed by atoms with Crippen molar-refractivity contribution in [2.45, 2.75) is 19.1 Å². The molecule has 5 heteroatoms. The average Bonchev–Trinajstić information content (AvgIpc) is 2.08. The minimum absolute atomic E-state index is 0.272. The van der Waals surface area contributed by atoms with E-state index >= 15 is 0 Å². The van der Waals surface area contributed by atoms with Gasteiger partial charge >= 0.3 is 0 Å². The second-order valence-corrected chi connectivity index (χ2v) is 2.81. The summed E-state index contributed by atoms with van der Waals surface area (Å²) in [5.41, 5.74) is 5.75. The minimum Gasteiger partial charge on any atom is -0.391 e. The molecular formula is C8H10F2N2O. The van der Waals surface area contributed by atoms with E-state index in [4.69, 9.17) is 10.8 Å². The van der Waals surface area contributed by atoms with Crippen molar-refractivity contribution in [3.63, 3.8) is 0 Å². The summed E-state index contributed by atoms with van der Waals surface area (Å²) in [5.74, 6) is -2.23. The van der Waals surface area contributed by atoms with E-state index in [0.29, 0.717) is 0 Å². The van der Waals surface area contributed by atoms with Crippen LogP contribution in [0.1, 0.15) is 18.5 Å². The number of aliphatic hydroxyl groups excluding tert-OH is 1. The molecule has 0 aliphatic heterocycles. The molecule has 13 heavy (non-hydrogen) atoms. The molecule has 1 rings (SSSR count). The molecule has 0 unspecified atom stereocenters. The summed E-state index contributed by atoms with van der Waals surface area (Å²) in [7, 11) is 0. The molecule has 1 aromatic rings. The van der Waals surface area contributed by atoms with Crippen molar-refractivity contribution < 1.29 is 13.9 Å². The lowest BCUT2D eigenvalue weighted by Gasteiger charge is -2.14. The van der Waals surface area contributed by atoms with Gasteiger partial charge < -0.3 is 10.8 Å². The largest absolute Gasteiger partial charge is 0.391 e. The number of hydrogen-bond acceptors (Lipinski definition) is 3. The van der Waals surface area contributed by atoms with Crippen LogP contribution in [-0.2, 0) is 0 Å². The molecule has 0 saturated heterocycles. The molecule has 72 valence electrons. The summed E-state index contributed by atoms with van der Waals surface area (Å²) in [6, 6.07) is 0.183. The molecule has 0 aliphatic rings. The summed E-state index contributed by atoms with van der Waals surface area (Å²) in [4.78, 5) is 3.15. The van der Waals surface area contributed by atoms with Gasteiger partial charge in [-0.25, -0.2) is 9.37 Å². The van der Waals surface area contributed by atoms with Crippen LogP contribution in [0.2, 0.25) is 0 Å². The van der Waals surface area contributed by atoms with Crippen molar-refractivity contribution in [2.24, 2.45) is 5.73 Å². The zero-order valence-corrected chi connectivity index (χ0v) is 7.04. The fourth-order valence-corrected chi connectivity index (χ4v) is 0.897. The molecule has 0 fully saturated rings. The van der Waals surface area contributed by atoms with E-state index in [9.17, 15) is 8.78 Å². The smallest absolute Gasteiger partial charge is 0.248 e. The number of rotatable bonds is 2. The van der Waals surface area contributed by atoms with Crippen molar-refractivity contribution in [1.29, 1.82) is 0 Å². The number of nitrogens with two attached hydrogens (primary N) is 1. The van der Waals surface area contributed by atoms with E-state index in [-0.39, 0.29) is 5.56 Å². The first-order chi connectivity index (χ1) is 6.02. The molecule has 0 bridgehead atoms. The van der Waals surface area contributed by atoms with Crippen LogP contribution in [0.25, 0.3) is 0 Å². The number of aliphatic hydroxyl groups is 1. The van der Waals surface area contributed by atoms with Gasteiger partial charge in [-0.05, 0) is 18.6 Å². The Bertz CT molecular complexity index is 304. The molecule has 0 aromatic carbocycles. The van der Waals surface area contributed by atoms with Crippen molar-refractivity contribution >= 4 is 0 Å². The second-order valence-electron chi connectivity index (χ2n) is 2.81. The van der Waals surface area contributed by atoms with Crippen molar-refractivity contribution in [3.05, 3.63) is 29.6 Å². The van der Waals surface area contributed by atoms with E-state index in [0.717, 1.165) is 12.3 Å². The number of hydrogen-bond donors (Lipinski definition) is 2. The van der Waals surface area contributed by atoms with Gasteiger partial charge in [0.25, 0.3) is 0 Å². The summed E-state index contributed by atoms with van der Waals surface area (Å²) < 4.78 is 25.0. The average molecular weight is 188 g/mol. The third kappa shape index (κ3) is 2.19. The first-order valence-corrected chi connectivity index (χ1v) is 3.77. The molecule has 0 radical (unpaired) electrons. The Labute approximate surface area is 74.2 Å². The van der Waals surface area contributed by atoms with Crippen LogP contribution >= 0.6 is 0 Å². The van der Waals surface area contributed by atoms with Crippen molar-refractivity contribution in [3.8, 4) is 0 Å². The highest BCUT2D eigenvalue weighted by molar-refractivity contribution is 5.16. The number of pyridine rings is 1. The molecule has 1 aromatic heterocycles. The van der Waals surface area contributed by atoms with Crippen LogP contribution in [0.15, 0.2) is 12.3 Å². The predicted octanol–water partition coefficient (Wildman–Crippen LogP) is 0.740. The maximum absolute atomic E-state index is 12.6. The lowest BCUT2D eigenvalue weighted by atomic mass is 10.1. The van der Waals surface area contributed by atoms with Gasteiger partial charge in [-0.1, -0.05) is 0 Å². The molecule has 0 amide bonds. The SMILES string of the molecule is C[C@@H](O)[C@H](N)c1cnc(F)c(F)c1. The second kappa shape index (κ2) is 3.76. The lowest BCUT2D eigenvalue weighted by Crippen LogP contribution is -2.23. The first kappa shape index (κ1) is 10.0. The van der Waals surface area contributed by atoms with E-state index in [1.807, 2.05) is 0 Å². The summed E-state index contributed by atoms with van der Waals surface area (Å²) in [6.07, 6.45) is 0.280. The van der Waals surface area contributed by atoms with Crippen LogP contribution < -0.4 is 5.73 Å². The maximum Gasteiger partial charge on any atom is 0.248 e. The molecular weight excluding hydrogens is 178 g/mol. The minimum atomic E-state index is -1.17. The van der Waals surface area contributed by atoms with Crippen LogP contribution in [-0.4, -0.2) is 16.2 Å². The summed E-state index contributed by atoms with van der Waals surface area (Å²) in [5, 5.41) is 9.07. The van der Waals surface area contributed by atoms with Gasteiger partial charge in [0.1, 0.15) is 0 Å². The third-order valence-electron chi connectivity index (χ3n) is 1.72. The number of halogens is 2. The molecule has 2 atom stereocenters. The van der Waals surface area contributed by atoms with Crippen LogP contribution in [0.4, 0.5) is 8.78 Å². The standard InChI is InChI=1S/C8H10F2N2O/c1-4(13)7(11)5-2-6(9)8(10)12-3-5/h2-4,7,13H,11H2,1H3/t4-,7+/m1/s1. The van der Waals surface area contributed by atoms with Crippen LogP contribution in [0.5, 0.6) is 0 Å². The molecule has 0 spiro atoms. The van der Waals surface area contributed by atoms with E-state index in [2.05, 4.69) is 4.98 Å². The number of nitrogens with zero attached hydrogens (tertiary/aromatic N) is 1. The van der Waals surface area contributed by atoms with Crippen LogP contribution in [0, 0.1) is 11.8 Å². The van der Waals surface area contributed by atoms with Gasteiger partial charge in [0.2, 0.25) is 5.95 Å². The summed E-state index contributed by atoms with van der Waals surface area (Å²) in [6.45, 7) is 1.46. The molecule has 1 heterocycles.